The maximum atomic E-state index is 11.8. The van der Waals surface area contributed by atoms with Crippen LogP contribution in [0.25, 0.3) is 0 Å². The molecule has 116 valence electrons. The first-order valence-electron chi connectivity index (χ1n) is 6.89. The summed E-state index contributed by atoms with van der Waals surface area (Å²) in [4.78, 5) is 23.3. The van der Waals surface area contributed by atoms with Crippen LogP contribution >= 0.6 is 0 Å². The molecule has 2 amide bonds. The molecule has 8 heteroatoms. The van der Waals surface area contributed by atoms with Gasteiger partial charge in [0.05, 0.1) is 5.69 Å². The van der Waals surface area contributed by atoms with Gasteiger partial charge in [-0.25, -0.2) is 4.79 Å². The number of aromatic nitrogens is 2. The summed E-state index contributed by atoms with van der Waals surface area (Å²) in [6.45, 7) is 6.69. The van der Waals surface area contributed by atoms with Gasteiger partial charge in [-0.05, 0) is 33.7 Å². The van der Waals surface area contributed by atoms with E-state index in [9.17, 15) is 9.59 Å². The van der Waals surface area contributed by atoms with Crippen LogP contribution in [0, 0.1) is 0 Å². The molecule has 0 fully saturated rings. The van der Waals surface area contributed by atoms with Crippen molar-refractivity contribution in [3.8, 4) is 0 Å². The first-order valence-corrected chi connectivity index (χ1v) is 6.89. The summed E-state index contributed by atoms with van der Waals surface area (Å²) in [6, 6.07) is 0. The van der Waals surface area contributed by atoms with Gasteiger partial charge in [0.1, 0.15) is 12.1 Å². The molecular weight excluding hydrogens is 274 g/mol. The van der Waals surface area contributed by atoms with Crippen LogP contribution in [0.15, 0.2) is 0 Å². The molecule has 8 nitrogen and oxygen atoms in total. The van der Waals surface area contributed by atoms with E-state index in [0.717, 1.165) is 24.2 Å². The highest BCUT2D eigenvalue weighted by Crippen LogP contribution is 2.19. The highest BCUT2D eigenvalue weighted by molar-refractivity contribution is 5.93. The van der Waals surface area contributed by atoms with Gasteiger partial charge in [0.15, 0.2) is 5.82 Å². The lowest BCUT2D eigenvalue weighted by Crippen LogP contribution is -2.37. The van der Waals surface area contributed by atoms with Crippen molar-refractivity contribution in [2.24, 2.45) is 0 Å². The first-order chi connectivity index (χ1) is 9.85. The second-order valence-electron chi connectivity index (χ2n) is 5.86. The molecule has 0 unspecified atom stereocenters. The van der Waals surface area contributed by atoms with Gasteiger partial charge in [0, 0.05) is 12.1 Å². The monoisotopic (exact) mass is 295 g/mol. The molecule has 0 saturated carbocycles. The smallest absolute Gasteiger partial charge is 0.408 e. The molecule has 0 aromatic carbocycles. The Kier molecular flexibility index (Phi) is 4.46. The molecule has 0 saturated heterocycles. The molecular formula is C13H21N5O3. The number of rotatable bonds is 3. The Morgan fingerprint density at radius 3 is 2.86 bits per heavy atom. The van der Waals surface area contributed by atoms with Crippen LogP contribution in [0.2, 0.25) is 0 Å². The first kappa shape index (κ1) is 15.3. The molecule has 2 rings (SSSR count). The number of carbonyl (C=O) groups is 2. The highest BCUT2D eigenvalue weighted by Gasteiger charge is 2.19. The fourth-order valence-corrected chi connectivity index (χ4v) is 1.99. The number of hydrogen-bond donors (Lipinski definition) is 4. The van der Waals surface area contributed by atoms with Crippen LogP contribution in [0.1, 0.15) is 32.0 Å². The fraction of sp³-hybridized carbons (Fsp3) is 0.615. The number of alkyl carbamates (subject to hydrolysis) is 1. The van der Waals surface area contributed by atoms with Crippen molar-refractivity contribution in [3.05, 3.63) is 11.3 Å². The lowest BCUT2D eigenvalue weighted by atomic mass is 10.1. The third kappa shape index (κ3) is 4.45. The molecule has 21 heavy (non-hydrogen) atoms. The summed E-state index contributed by atoms with van der Waals surface area (Å²) in [5.74, 6) is 0.191. The number of H-pyrrole nitrogens is 1. The Morgan fingerprint density at radius 1 is 1.38 bits per heavy atom. The van der Waals surface area contributed by atoms with E-state index in [2.05, 4.69) is 26.1 Å². The number of nitrogens with zero attached hydrogens (tertiary/aromatic N) is 1. The van der Waals surface area contributed by atoms with Crippen LogP contribution in [0.5, 0.6) is 0 Å². The minimum Gasteiger partial charge on any atom is -0.444 e. The van der Waals surface area contributed by atoms with Crippen molar-refractivity contribution < 1.29 is 14.3 Å². The molecule has 0 bridgehead atoms. The number of hydrogen-bond acceptors (Lipinski definition) is 5. The zero-order valence-electron chi connectivity index (χ0n) is 12.5. The second kappa shape index (κ2) is 6.13. The predicted octanol–water partition coefficient (Wildman–Crippen LogP) is 0.519. The largest absolute Gasteiger partial charge is 0.444 e. The van der Waals surface area contributed by atoms with Gasteiger partial charge in [-0.3, -0.25) is 9.89 Å². The molecule has 0 aliphatic carbocycles. The van der Waals surface area contributed by atoms with Crippen molar-refractivity contribution in [2.75, 3.05) is 18.4 Å². The van der Waals surface area contributed by atoms with Gasteiger partial charge in [-0.2, -0.15) is 5.10 Å². The minimum absolute atomic E-state index is 0.158. The summed E-state index contributed by atoms with van der Waals surface area (Å²) in [5, 5.41) is 15.3. The van der Waals surface area contributed by atoms with Crippen LogP contribution in [-0.2, 0) is 22.5 Å². The van der Waals surface area contributed by atoms with Crippen molar-refractivity contribution in [1.29, 1.82) is 0 Å². The van der Waals surface area contributed by atoms with Gasteiger partial charge in [0.2, 0.25) is 5.91 Å². The van der Waals surface area contributed by atoms with E-state index < -0.39 is 11.7 Å². The maximum Gasteiger partial charge on any atom is 0.408 e. The Balaban J connectivity index is 1.82. The molecule has 1 aromatic rings. The molecule has 0 radical (unpaired) electrons. The summed E-state index contributed by atoms with van der Waals surface area (Å²) in [5.41, 5.74) is 1.41. The molecule has 0 atom stereocenters. The molecule has 0 spiro atoms. The fourth-order valence-electron chi connectivity index (χ4n) is 1.99. The summed E-state index contributed by atoms with van der Waals surface area (Å²) >= 11 is 0. The average Bonchev–Trinajstić information content (AvgIpc) is 2.78. The summed E-state index contributed by atoms with van der Waals surface area (Å²) < 4.78 is 5.05. The molecule has 2 heterocycles. The van der Waals surface area contributed by atoms with E-state index in [1.807, 2.05) is 0 Å². The minimum atomic E-state index is -0.620. The normalized spacial score (nSPS) is 14.2. The second-order valence-corrected chi connectivity index (χ2v) is 5.86. The number of amides is 2. The van der Waals surface area contributed by atoms with Crippen LogP contribution < -0.4 is 16.0 Å². The van der Waals surface area contributed by atoms with Gasteiger partial charge in [-0.1, -0.05) is 0 Å². The van der Waals surface area contributed by atoms with Gasteiger partial charge < -0.3 is 20.7 Å². The zero-order chi connectivity index (χ0) is 15.5. The molecule has 1 aromatic heterocycles. The predicted molar refractivity (Wildman–Crippen MR) is 76.9 cm³/mol. The van der Waals surface area contributed by atoms with Crippen molar-refractivity contribution in [2.45, 2.75) is 39.3 Å². The molecule has 1 aliphatic heterocycles. The summed E-state index contributed by atoms with van der Waals surface area (Å²) in [6.07, 6.45) is 0.187. The van der Waals surface area contributed by atoms with Crippen LogP contribution in [-0.4, -0.2) is 40.9 Å². The Morgan fingerprint density at radius 2 is 2.14 bits per heavy atom. The van der Waals surface area contributed by atoms with Crippen LogP contribution in [0.3, 0.4) is 0 Å². The lowest BCUT2D eigenvalue weighted by Gasteiger charge is -2.19. The Labute approximate surface area is 123 Å². The Hall–Kier alpha value is -2.09. The van der Waals surface area contributed by atoms with E-state index in [-0.39, 0.29) is 12.5 Å². The van der Waals surface area contributed by atoms with E-state index in [4.69, 9.17) is 4.74 Å². The standard InChI is InChI=1S/C13H21N5O3/c1-13(2,3)21-12(20)15-7-10(19)16-11-8-4-5-14-6-9(8)17-18-11/h14H,4-7H2,1-3H3,(H,15,20)(H2,16,17,18,19). The average molecular weight is 295 g/mol. The van der Waals surface area contributed by atoms with E-state index in [0.29, 0.717) is 12.4 Å². The highest BCUT2D eigenvalue weighted by atomic mass is 16.6. The maximum absolute atomic E-state index is 11.8. The van der Waals surface area contributed by atoms with Crippen LogP contribution in [0.4, 0.5) is 10.6 Å². The van der Waals surface area contributed by atoms with E-state index >= 15 is 0 Å². The lowest BCUT2D eigenvalue weighted by molar-refractivity contribution is -0.115. The number of ether oxygens (including phenoxy) is 1. The number of aromatic amines is 1. The number of nitrogens with one attached hydrogen (secondary N) is 4. The number of carbonyl (C=O) groups excluding carboxylic acids is 2. The van der Waals surface area contributed by atoms with Gasteiger partial charge in [-0.15, -0.1) is 0 Å². The van der Waals surface area contributed by atoms with Crippen molar-refractivity contribution in [1.82, 2.24) is 20.8 Å². The van der Waals surface area contributed by atoms with Crippen molar-refractivity contribution in [3.63, 3.8) is 0 Å². The Bertz CT molecular complexity index is 532. The number of anilines is 1. The SMILES string of the molecule is CC(C)(C)OC(=O)NCC(=O)Nc1n[nH]c2c1CCNC2. The van der Waals surface area contributed by atoms with Gasteiger partial charge >= 0.3 is 6.09 Å². The third-order valence-electron chi connectivity index (χ3n) is 2.86. The van der Waals surface area contributed by atoms with Crippen molar-refractivity contribution >= 4 is 17.8 Å². The van der Waals surface area contributed by atoms with Gasteiger partial charge in [0.25, 0.3) is 0 Å². The summed E-state index contributed by atoms with van der Waals surface area (Å²) in [7, 11) is 0. The quantitative estimate of drug-likeness (QED) is 0.650. The topological polar surface area (TPSA) is 108 Å². The number of fused-ring (bicyclic) bond motifs is 1. The third-order valence-corrected chi connectivity index (χ3v) is 2.86. The molecule has 4 N–H and O–H groups in total. The molecule has 1 aliphatic rings. The van der Waals surface area contributed by atoms with E-state index in [1.54, 1.807) is 20.8 Å². The van der Waals surface area contributed by atoms with E-state index in [1.165, 1.54) is 0 Å². The zero-order valence-corrected chi connectivity index (χ0v) is 12.5.